The molecule has 30 heavy (non-hydrogen) atoms. The van der Waals surface area contributed by atoms with Gasteiger partial charge in [0.1, 0.15) is 5.69 Å². The highest BCUT2D eigenvalue weighted by atomic mass is 35.5. The summed E-state index contributed by atoms with van der Waals surface area (Å²) in [5.41, 5.74) is 6.03. The number of amides is 1. The van der Waals surface area contributed by atoms with Gasteiger partial charge in [-0.05, 0) is 60.9 Å². The largest absolute Gasteiger partial charge is 0.347 e. The minimum absolute atomic E-state index is 0.235. The van der Waals surface area contributed by atoms with E-state index in [0.717, 1.165) is 11.1 Å². The highest BCUT2D eigenvalue weighted by molar-refractivity contribution is 6.32. The fourth-order valence-corrected chi connectivity index (χ4v) is 3.38. The smallest absolute Gasteiger partial charge is 0.270 e. The average molecular weight is 417 g/mol. The van der Waals surface area contributed by atoms with Gasteiger partial charge in [0.15, 0.2) is 0 Å². The molecule has 0 fully saturated rings. The molecule has 0 aliphatic rings. The lowest BCUT2D eigenvalue weighted by atomic mass is 10.0. The van der Waals surface area contributed by atoms with E-state index in [-0.39, 0.29) is 5.91 Å². The Bertz CT molecular complexity index is 1200. The Balaban J connectivity index is 1.73. The summed E-state index contributed by atoms with van der Waals surface area (Å²) in [5.74, 6) is -0.235. The summed E-state index contributed by atoms with van der Waals surface area (Å²) in [7, 11) is 0. The number of nitrogens with zero attached hydrogens (tertiary/aromatic N) is 3. The third-order valence-corrected chi connectivity index (χ3v) is 5.32. The van der Waals surface area contributed by atoms with Crippen molar-refractivity contribution in [1.82, 2.24) is 20.1 Å². The third-order valence-electron chi connectivity index (χ3n) is 5.00. The second-order valence-corrected chi connectivity index (χ2v) is 7.53. The van der Waals surface area contributed by atoms with E-state index >= 15 is 0 Å². The summed E-state index contributed by atoms with van der Waals surface area (Å²) in [4.78, 5) is 17.1. The molecule has 0 saturated carbocycles. The predicted molar refractivity (Wildman–Crippen MR) is 119 cm³/mol. The zero-order valence-electron chi connectivity index (χ0n) is 16.8. The topological polar surface area (TPSA) is 59.8 Å². The van der Waals surface area contributed by atoms with Gasteiger partial charge in [-0.2, -0.15) is 5.10 Å². The molecular weight excluding hydrogens is 396 g/mol. The van der Waals surface area contributed by atoms with Crippen LogP contribution in [0.4, 0.5) is 0 Å². The number of aromatic nitrogens is 3. The quantitative estimate of drug-likeness (QED) is 0.490. The number of nitrogens with one attached hydrogen (secondary N) is 1. The van der Waals surface area contributed by atoms with E-state index in [9.17, 15) is 4.79 Å². The van der Waals surface area contributed by atoms with Crippen molar-refractivity contribution in [3.8, 4) is 16.9 Å². The number of halogens is 1. The van der Waals surface area contributed by atoms with Gasteiger partial charge in [-0.1, -0.05) is 41.9 Å². The molecule has 2 aromatic carbocycles. The van der Waals surface area contributed by atoms with Crippen molar-refractivity contribution in [2.24, 2.45) is 0 Å². The molecular formula is C24H21ClN4O. The molecule has 0 aliphatic carbocycles. The number of hydrogen-bond donors (Lipinski definition) is 1. The first-order valence-corrected chi connectivity index (χ1v) is 10.0. The van der Waals surface area contributed by atoms with Crippen molar-refractivity contribution in [2.45, 2.75) is 20.4 Å². The van der Waals surface area contributed by atoms with Crippen LogP contribution in [0.3, 0.4) is 0 Å². The number of pyridine rings is 1. The van der Waals surface area contributed by atoms with E-state index in [1.54, 1.807) is 29.2 Å². The van der Waals surface area contributed by atoms with Crippen molar-refractivity contribution in [1.29, 1.82) is 0 Å². The molecule has 2 aromatic heterocycles. The summed E-state index contributed by atoms with van der Waals surface area (Å²) >= 11 is 6.41. The maximum atomic E-state index is 13.1. The van der Waals surface area contributed by atoms with Crippen LogP contribution in [-0.4, -0.2) is 20.7 Å². The number of carbonyl (C=O) groups is 1. The Morgan fingerprint density at radius 1 is 1.03 bits per heavy atom. The summed E-state index contributed by atoms with van der Waals surface area (Å²) in [6.45, 7) is 4.50. The molecule has 0 radical (unpaired) electrons. The van der Waals surface area contributed by atoms with E-state index in [0.29, 0.717) is 28.6 Å². The number of rotatable bonds is 5. The minimum Gasteiger partial charge on any atom is -0.347 e. The molecule has 0 atom stereocenters. The monoisotopic (exact) mass is 416 g/mol. The van der Waals surface area contributed by atoms with Crippen LogP contribution >= 0.6 is 11.6 Å². The lowest BCUT2D eigenvalue weighted by Crippen LogP contribution is -2.25. The highest BCUT2D eigenvalue weighted by Gasteiger charge is 2.19. The first-order valence-electron chi connectivity index (χ1n) is 9.62. The van der Waals surface area contributed by atoms with Gasteiger partial charge in [0.25, 0.3) is 5.91 Å². The predicted octanol–water partition coefficient (Wildman–Crippen LogP) is 5.13. The first kappa shape index (κ1) is 19.9. The summed E-state index contributed by atoms with van der Waals surface area (Å²) in [6.07, 6.45) is 3.43. The van der Waals surface area contributed by atoms with Gasteiger partial charge >= 0.3 is 0 Å². The van der Waals surface area contributed by atoms with Crippen LogP contribution < -0.4 is 5.32 Å². The van der Waals surface area contributed by atoms with E-state index in [1.807, 2.05) is 36.4 Å². The van der Waals surface area contributed by atoms with Crippen LogP contribution in [0.15, 0.2) is 73.1 Å². The van der Waals surface area contributed by atoms with Crippen LogP contribution in [0.1, 0.15) is 27.2 Å². The summed E-state index contributed by atoms with van der Waals surface area (Å²) in [5, 5.41) is 8.19. The Morgan fingerprint density at radius 3 is 2.60 bits per heavy atom. The minimum atomic E-state index is -0.235. The van der Waals surface area contributed by atoms with Gasteiger partial charge in [-0.25, -0.2) is 4.68 Å². The first-order chi connectivity index (χ1) is 14.5. The Morgan fingerprint density at radius 2 is 1.87 bits per heavy atom. The SMILES string of the molecule is Cc1ccc(-c2cc(C(=O)NCc3cccnc3)n(-c3ccccc3Cl)n2)cc1C. The Hall–Kier alpha value is -3.44. The standard InChI is InChI=1S/C24H21ClN4O/c1-16-9-10-19(12-17(16)2)21-13-23(24(30)27-15-18-6-5-11-26-14-18)29(28-21)22-8-4-3-7-20(22)25/h3-14H,15H2,1-2H3,(H,27,30). The maximum absolute atomic E-state index is 13.1. The third kappa shape index (κ3) is 4.11. The number of carbonyl (C=O) groups excluding carboxylic acids is 1. The highest BCUT2D eigenvalue weighted by Crippen LogP contribution is 2.26. The van der Waals surface area contributed by atoms with Gasteiger partial charge in [-0.3, -0.25) is 9.78 Å². The summed E-state index contributed by atoms with van der Waals surface area (Å²) in [6, 6.07) is 19.0. The maximum Gasteiger partial charge on any atom is 0.270 e. The van der Waals surface area contributed by atoms with Gasteiger partial charge in [0.05, 0.1) is 16.4 Å². The average Bonchev–Trinajstić information content (AvgIpc) is 3.20. The number of para-hydroxylation sites is 1. The van der Waals surface area contributed by atoms with Crippen molar-refractivity contribution in [2.75, 3.05) is 0 Å². The molecule has 1 amide bonds. The molecule has 2 heterocycles. The van der Waals surface area contributed by atoms with E-state index in [2.05, 4.69) is 36.3 Å². The lowest BCUT2D eigenvalue weighted by Gasteiger charge is -2.09. The van der Waals surface area contributed by atoms with E-state index in [1.165, 1.54) is 11.1 Å². The molecule has 1 N–H and O–H groups in total. The Kier molecular flexibility index (Phi) is 5.63. The fraction of sp³-hybridized carbons (Fsp3) is 0.125. The van der Waals surface area contributed by atoms with Crippen molar-refractivity contribution < 1.29 is 4.79 Å². The van der Waals surface area contributed by atoms with Crippen LogP contribution in [0.5, 0.6) is 0 Å². The van der Waals surface area contributed by atoms with Crippen LogP contribution in [0, 0.1) is 13.8 Å². The van der Waals surface area contributed by atoms with Gasteiger partial charge in [0, 0.05) is 24.5 Å². The van der Waals surface area contributed by atoms with Crippen LogP contribution in [-0.2, 0) is 6.54 Å². The fourth-order valence-electron chi connectivity index (χ4n) is 3.17. The molecule has 0 unspecified atom stereocenters. The molecule has 4 aromatic rings. The molecule has 0 spiro atoms. The van der Waals surface area contributed by atoms with Gasteiger partial charge in [-0.15, -0.1) is 0 Å². The van der Waals surface area contributed by atoms with Crippen molar-refractivity contribution >= 4 is 17.5 Å². The zero-order chi connectivity index (χ0) is 21.1. The van der Waals surface area contributed by atoms with Crippen molar-refractivity contribution in [3.63, 3.8) is 0 Å². The molecule has 5 nitrogen and oxygen atoms in total. The van der Waals surface area contributed by atoms with Gasteiger partial charge < -0.3 is 5.32 Å². The number of aryl methyl sites for hydroxylation is 2. The molecule has 150 valence electrons. The van der Waals surface area contributed by atoms with Crippen LogP contribution in [0.2, 0.25) is 5.02 Å². The Labute approximate surface area is 180 Å². The molecule has 4 rings (SSSR count). The lowest BCUT2D eigenvalue weighted by molar-refractivity contribution is 0.0943. The van der Waals surface area contributed by atoms with Crippen molar-refractivity contribution in [3.05, 3.63) is 100 Å². The molecule has 6 heteroatoms. The second-order valence-electron chi connectivity index (χ2n) is 7.12. The molecule has 0 saturated heterocycles. The zero-order valence-corrected chi connectivity index (χ0v) is 17.5. The van der Waals surface area contributed by atoms with Crippen LogP contribution in [0.25, 0.3) is 16.9 Å². The number of hydrogen-bond acceptors (Lipinski definition) is 3. The normalized spacial score (nSPS) is 10.8. The second kappa shape index (κ2) is 8.51. The number of benzene rings is 2. The molecule has 0 bridgehead atoms. The summed E-state index contributed by atoms with van der Waals surface area (Å²) < 4.78 is 1.60. The van der Waals surface area contributed by atoms with E-state index in [4.69, 9.17) is 16.7 Å². The van der Waals surface area contributed by atoms with E-state index < -0.39 is 0 Å². The molecule has 0 aliphatic heterocycles. The van der Waals surface area contributed by atoms with Gasteiger partial charge in [0.2, 0.25) is 0 Å².